The zero-order chi connectivity index (χ0) is 17.0. The molecule has 1 aliphatic rings. The molecule has 8 heteroatoms. The van der Waals surface area contributed by atoms with E-state index in [0.29, 0.717) is 34.8 Å². The number of hydrogen-bond acceptors (Lipinski definition) is 6. The predicted molar refractivity (Wildman–Crippen MR) is 90.6 cm³/mol. The first-order valence-electron chi connectivity index (χ1n) is 7.92. The van der Waals surface area contributed by atoms with Crippen LogP contribution in [0.5, 0.6) is 5.88 Å². The molecule has 4 aromatic rings. The first-order valence-corrected chi connectivity index (χ1v) is 8.30. The Hall–Kier alpha value is -2.80. The number of benzene rings is 1. The van der Waals surface area contributed by atoms with Gasteiger partial charge in [0.1, 0.15) is 5.58 Å². The monoisotopic (exact) mass is 356 g/mol. The molecular formula is C17H13ClN4O3. The summed E-state index contributed by atoms with van der Waals surface area (Å²) < 4.78 is 18.6. The third-order valence-electron chi connectivity index (χ3n) is 4.14. The maximum absolute atomic E-state index is 6.10. The van der Waals surface area contributed by atoms with E-state index >= 15 is 0 Å². The SMILES string of the molecule is Cc1cc(Cl)cc2cc(-c3noc(-c4cc5n(n4)CCCO5)n3)oc12. The molecule has 4 heterocycles. The van der Waals surface area contributed by atoms with Crippen molar-refractivity contribution in [3.05, 3.63) is 34.9 Å². The lowest BCUT2D eigenvalue weighted by Crippen LogP contribution is -2.14. The van der Waals surface area contributed by atoms with Crippen LogP contribution in [-0.2, 0) is 6.54 Å². The van der Waals surface area contributed by atoms with Crippen LogP contribution in [0.1, 0.15) is 12.0 Å². The van der Waals surface area contributed by atoms with E-state index in [4.69, 9.17) is 25.3 Å². The lowest BCUT2D eigenvalue weighted by molar-refractivity contribution is 0.230. The van der Waals surface area contributed by atoms with Crippen LogP contribution in [-0.4, -0.2) is 26.5 Å². The van der Waals surface area contributed by atoms with Crippen molar-refractivity contribution >= 4 is 22.6 Å². The van der Waals surface area contributed by atoms with Crippen molar-refractivity contribution in [2.75, 3.05) is 6.61 Å². The van der Waals surface area contributed by atoms with Gasteiger partial charge in [0.25, 0.3) is 5.89 Å². The lowest BCUT2D eigenvalue weighted by Gasteiger charge is -2.13. The number of fused-ring (bicyclic) bond motifs is 2. The highest BCUT2D eigenvalue weighted by Crippen LogP contribution is 2.32. The third-order valence-corrected chi connectivity index (χ3v) is 4.36. The number of rotatable bonds is 2. The molecule has 0 saturated heterocycles. The normalized spacial score (nSPS) is 13.8. The molecule has 0 radical (unpaired) electrons. The molecule has 0 spiro atoms. The van der Waals surface area contributed by atoms with Gasteiger partial charge in [0.15, 0.2) is 11.5 Å². The Morgan fingerprint density at radius 3 is 3.00 bits per heavy atom. The summed E-state index contributed by atoms with van der Waals surface area (Å²) >= 11 is 6.10. The summed E-state index contributed by atoms with van der Waals surface area (Å²) in [7, 11) is 0. The van der Waals surface area contributed by atoms with Crippen molar-refractivity contribution in [1.82, 2.24) is 19.9 Å². The minimum atomic E-state index is 0.329. The zero-order valence-corrected chi connectivity index (χ0v) is 14.1. The second kappa shape index (κ2) is 5.35. The molecule has 5 rings (SSSR count). The van der Waals surface area contributed by atoms with Crippen LogP contribution >= 0.6 is 11.6 Å². The average molecular weight is 357 g/mol. The van der Waals surface area contributed by atoms with E-state index in [2.05, 4.69) is 15.2 Å². The molecule has 0 unspecified atom stereocenters. The number of aryl methyl sites for hydroxylation is 2. The van der Waals surface area contributed by atoms with Gasteiger partial charge < -0.3 is 13.7 Å². The van der Waals surface area contributed by atoms with Crippen molar-refractivity contribution in [2.45, 2.75) is 19.9 Å². The van der Waals surface area contributed by atoms with E-state index in [9.17, 15) is 0 Å². The Kier molecular flexibility index (Phi) is 3.11. The summed E-state index contributed by atoms with van der Waals surface area (Å²) in [5, 5.41) is 10.0. The highest BCUT2D eigenvalue weighted by atomic mass is 35.5. The Morgan fingerprint density at radius 2 is 2.12 bits per heavy atom. The number of hydrogen-bond donors (Lipinski definition) is 0. The second-order valence-electron chi connectivity index (χ2n) is 5.97. The van der Waals surface area contributed by atoms with Crippen LogP contribution < -0.4 is 4.74 Å². The number of halogens is 1. The predicted octanol–water partition coefficient (Wildman–Crippen LogP) is 4.09. The maximum atomic E-state index is 6.10. The van der Waals surface area contributed by atoms with Gasteiger partial charge in [-0.25, -0.2) is 4.68 Å². The van der Waals surface area contributed by atoms with Gasteiger partial charge in [-0.05, 0) is 30.7 Å². The van der Waals surface area contributed by atoms with Gasteiger partial charge in [-0.15, -0.1) is 0 Å². The highest BCUT2D eigenvalue weighted by Gasteiger charge is 2.20. The zero-order valence-electron chi connectivity index (χ0n) is 13.3. The van der Waals surface area contributed by atoms with Crippen molar-refractivity contribution in [1.29, 1.82) is 0 Å². The summed E-state index contributed by atoms with van der Waals surface area (Å²) in [6, 6.07) is 7.36. The molecule has 0 amide bonds. The summed E-state index contributed by atoms with van der Waals surface area (Å²) in [5.41, 5.74) is 2.30. The molecule has 0 saturated carbocycles. The number of nitrogens with zero attached hydrogens (tertiary/aromatic N) is 4. The fourth-order valence-corrected chi connectivity index (χ4v) is 3.27. The molecule has 0 aliphatic carbocycles. The number of furan rings is 1. The first kappa shape index (κ1) is 14.5. The molecule has 126 valence electrons. The summed E-state index contributed by atoms with van der Waals surface area (Å²) in [4.78, 5) is 4.41. The number of aromatic nitrogens is 4. The quantitative estimate of drug-likeness (QED) is 0.538. The highest BCUT2D eigenvalue weighted by molar-refractivity contribution is 6.31. The molecule has 0 bridgehead atoms. The topological polar surface area (TPSA) is 79.1 Å². The molecule has 7 nitrogen and oxygen atoms in total. The van der Waals surface area contributed by atoms with Gasteiger partial charge in [-0.1, -0.05) is 16.8 Å². The van der Waals surface area contributed by atoms with E-state index < -0.39 is 0 Å². The van der Waals surface area contributed by atoms with E-state index in [-0.39, 0.29) is 0 Å². The van der Waals surface area contributed by atoms with Gasteiger partial charge in [0.05, 0.1) is 6.61 Å². The summed E-state index contributed by atoms with van der Waals surface area (Å²) in [6.07, 6.45) is 0.935. The van der Waals surface area contributed by atoms with Crippen LogP contribution in [0.15, 0.2) is 33.2 Å². The molecule has 0 fully saturated rings. The van der Waals surface area contributed by atoms with Gasteiger partial charge in [-0.3, -0.25) is 0 Å². The molecule has 0 atom stereocenters. The Bertz CT molecular complexity index is 1070. The summed E-state index contributed by atoms with van der Waals surface area (Å²) in [6.45, 7) is 3.46. The standard InChI is InChI=1S/C17H13ClN4O3/c1-9-5-11(18)6-10-7-13(24-15(9)10)16-19-17(25-21-16)12-8-14-22(20-12)3-2-4-23-14/h5-8H,2-4H2,1H3. The fourth-order valence-electron chi connectivity index (χ4n) is 2.99. The third kappa shape index (κ3) is 2.39. The fraction of sp³-hybridized carbons (Fsp3) is 0.235. The molecule has 25 heavy (non-hydrogen) atoms. The van der Waals surface area contributed by atoms with Crippen LogP contribution in [0.3, 0.4) is 0 Å². The lowest BCUT2D eigenvalue weighted by atomic mass is 10.2. The molecule has 3 aromatic heterocycles. The van der Waals surface area contributed by atoms with Gasteiger partial charge >= 0.3 is 0 Å². The minimum Gasteiger partial charge on any atom is -0.478 e. The van der Waals surface area contributed by atoms with Crippen LogP contribution in [0, 0.1) is 6.92 Å². The Labute approximate surface area is 147 Å². The minimum absolute atomic E-state index is 0.329. The number of ether oxygens (including phenoxy) is 1. The van der Waals surface area contributed by atoms with E-state index in [0.717, 1.165) is 35.4 Å². The molecule has 0 N–H and O–H groups in total. The maximum Gasteiger partial charge on any atom is 0.278 e. The van der Waals surface area contributed by atoms with Crippen LogP contribution in [0.25, 0.3) is 34.1 Å². The van der Waals surface area contributed by atoms with Crippen molar-refractivity contribution < 1.29 is 13.7 Å². The molecular weight excluding hydrogens is 344 g/mol. The smallest absolute Gasteiger partial charge is 0.278 e. The first-order chi connectivity index (χ1) is 12.2. The van der Waals surface area contributed by atoms with Gasteiger partial charge in [0, 0.05) is 29.4 Å². The second-order valence-corrected chi connectivity index (χ2v) is 6.40. The average Bonchev–Trinajstić information content (AvgIpc) is 3.31. The Balaban J connectivity index is 1.54. The van der Waals surface area contributed by atoms with Crippen molar-refractivity contribution in [3.63, 3.8) is 0 Å². The molecule has 1 aliphatic heterocycles. The van der Waals surface area contributed by atoms with Gasteiger partial charge in [-0.2, -0.15) is 10.1 Å². The van der Waals surface area contributed by atoms with Crippen LogP contribution in [0.2, 0.25) is 5.02 Å². The van der Waals surface area contributed by atoms with Crippen molar-refractivity contribution in [3.8, 4) is 29.0 Å². The largest absolute Gasteiger partial charge is 0.478 e. The summed E-state index contributed by atoms with van der Waals surface area (Å²) in [5.74, 6) is 1.94. The molecule has 1 aromatic carbocycles. The van der Waals surface area contributed by atoms with Gasteiger partial charge in [0.2, 0.25) is 11.7 Å². The van der Waals surface area contributed by atoms with E-state index in [1.807, 2.05) is 25.1 Å². The van der Waals surface area contributed by atoms with Crippen molar-refractivity contribution in [2.24, 2.45) is 0 Å². The van der Waals surface area contributed by atoms with E-state index in [1.54, 1.807) is 10.7 Å². The van der Waals surface area contributed by atoms with Crippen LogP contribution in [0.4, 0.5) is 0 Å². The van der Waals surface area contributed by atoms with E-state index in [1.165, 1.54) is 0 Å². The Morgan fingerprint density at radius 1 is 1.20 bits per heavy atom.